The standard InChI is InChI=1S/C23H24ClNO6/c24-11-19-20(26)21(27)22(31-15-28-12-17-7-3-1-4-8-17)23(19,13-25)14-29-16-30-18-9-5-2-6-10-18/h1-11,20-22,26-27H,12,14-16H2/b19-11-/t20-,21-,22-,23-/m0/s1. The van der Waals surface area contributed by atoms with Gasteiger partial charge in [0.15, 0.2) is 6.79 Å². The summed E-state index contributed by atoms with van der Waals surface area (Å²) < 4.78 is 22.2. The van der Waals surface area contributed by atoms with E-state index in [0.717, 1.165) is 11.1 Å². The minimum absolute atomic E-state index is 0.122. The minimum Gasteiger partial charge on any atom is -0.468 e. The summed E-state index contributed by atoms with van der Waals surface area (Å²) in [6.45, 7) is -0.229. The second-order valence-corrected chi connectivity index (χ2v) is 7.26. The van der Waals surface area contributed by atoms with E-state index in [1.54, 1.807) is 12.1 Å². The van der Waals surface area contributed by atoms with Crippen LogP contribution in [0.25, 0.3) is 0 Å². The van der Waals surface area contributed by atoms with Crippen molar-refractivity contribution in [2.45, 2.75) is 24.9 Å². The largest absolute Gasteiger partial charge is 0.468 e. The highest BCUT2D eigenvalue weighted by Crippen LogP contribution is 2.45. The smallest absolute Gasteiger partial charge is 0.189 e. The molecule has 1 aliphatic carbocycles. The molecule has 0 aliphatic heterocycles. The molecule has 0 saturated heterocycles. The van der Waals surface area contributed by atoms with Crippen LogP contribution in [-0.2, 0) is 20.8 Å². The molecule has 0 bridgehead atoms. The second-order valence-electron chi connectivity index (χ2n) is 7.05. The number of benzene rings is 2. The highest BCUT2D eigenvalue weighted by molar-refractivity contribution is 6.25. The fourth-order valence-corrected chi connectivity index (χ4v) is 3.81. The predicted octanol–water partition coefficient (Wildman–Crippen LogP) is 2.97. The van der Waals surface area contributed by atoms with Gasteiger partial charge < -0.3 is 29.2 Å². The monoisotopic (exact) mass is 445 g/mol. The number of hydrogen-bond acceptors (Lipinski definition) is 7. The van der Waals surface area contributed by atoms with E-state index in [-0.39, 0.29) is 25.8 Å². The van der Waals surface area contributed by atoms with Crippen molar-refractivity contribution in [2.75, 3.05) is 20.2 Å². The van der Waals surface area contributed by atoms with Gasteiger partial charge in [0, 0.05) is 5.54 Å². The van der Waals surface area contributed by atoms with Gasteiger partial charge in [-0.15, -0.1) is 0 Å². The molecule has 0 unspecified atom stereocenters. The number of aliphatic hydroxyl groups excluding tert-OH is 2. The lowest BCUT2D eigenvalue weighted by Crippen LogP contribution is -2.42. The Morgan fingerprint density at radius 1 is 1.00 bits per heavy atom. The molecule has 2 aromatic rings. The molecule has 1 fully saturated rings. The molecule has 3 rings (SSSR count). The van der Waals surface area contributed by atoms with E-state index in [1.807, 2.05) is 48.5 Å². The van der Waals surface area contributed by atoms with Crippen LogP contribution in [0.5, 0.6) is 5.75 Å². The molecule has 8 heteroatoms. The number of ether oxygens (including phenoxy) is 4. The number of halogens is 1. The van der Waals surface area contributed by atoms with Gasteiger partial charge in [-0.1, -0.05) is 60.1 Å². The molecule has 2 aromatic carbocycles. The number of rotatable bonds is 10. The summed E-state index contributed by atoms with van der Waals surface area (Å²) in [5.41, 5.74) is 0.660. The van der Waals surface area contributed by atoms with Crippen LogP contribution < -0.4 is 4.74 Å². The van der Waals surface area contributed by atoms with Crippen LogP contribution in [0.3, 0.4) is 0 Å². The van der Waals surface area contributed by atoms with Crippen molar-refractivity contribution >= 4 is 11.6 Å². The van der Waals surface area contributed by atoms with Crippen molar-refractivity contribution in [3.05, 3.63) is 77.3 Å². The quantitative estimate of drug-likeness (QED) is 0.428. The summed E-state index contributed by atoms with van der Waals surface area (Å²) >= 11 is 5.89. The summed E-state index contributed by atoms with van der Waals surface area (Å²) in [5.74, 6) is 0.607. The van der Waals surface area contributed by atoms with Crippen LogP contribution in [-0.4, -0.2) is 48.7 Å². The predicted molar refractivity (Wildman–Crippen MR) is 113 cm³/mol. The fraction of sp³-hybridized carbons (Fsp3) is 0.348. The van der Waals surface area contributed by atoms with Gasteiger partial charge in [-0.3, -0.25) is 0 Å². The lowest BCUT2D eigenvalue weighted by Gasteiger charge is -2.29. The Hall–Kier alpha value is -2.44. The molecular weight excluding hydrogens is 422 g/mol. The molecule has 2 N–H and O–H groups in total. The van der Waals surface area contributed by atoms with Crippen molar-refractivity contribution < 1.29 is 29.2 Å². The molecule has 1 aliphatic rings. The van der Waals surface area contributed by atoms with E-state index in [2.05, 4.69) is 6.07 Å². The minimum atomic E-state index is -1.50. The zero-order chi connectivity index (χ0) is 22.1. The molecule has 1 saturated carbocycles. The molecule has 0 heterocycles. The molecule has 7 nitrogen and oxygen atoms in total. The van der Waals surface area contributed by atoms with Crippen molar-refractivity contribution in [1.29, 1.82) is 5.26 Å². The first kappa shape index (κ1) is 23.2. The number of aliphatic hydroxyl groups is 2. The summed E-state index contributed by atoms with van der Waals surface area (Å²) in [4.78, 5) is 0. The Labute approximate surface area is 186 Å². The van der Waals surface area contributed by atoms with Crippen LogP contribution in [0.4, 0.5) is 0 Å². The van der Waals surface area contributed by atoms with Crippen molar-refractivity contribution in [3.63, 3.8) is 0 Å². The molecule has 164 valence electrons. The van der Waals surface area contributed by atoms with Crippen LogP contribution in [0, 0.1) is 16.7 Å². The average molecular weight is 446 g/mol. The van der Waals surface area contributed by atoms with E-state index >= 15 is 0 Å². The topological polar surface area (TPSA) is 101 Å². The van der Waals surface area contributed by atoms with Crippen LogP contribution >= 0.6 is 11.6 Å². The highest BCUT2D eigenvalue weighted by atomic mass is 35.5. The Bertz CT molecular complexity index is 888. The van der Waals surface area contributed by atoms with Gasteiger partial charge in [0.25, 0.3) is 0 Å². The summed E-state index contributed by atoms with van der Waals surface area (Å²) in [5, 5.41) is 30.9. The highest BCUT2D eigenvalue weighted by Gasteiger charge is 2.58. The van der Waals surface area contributed by atoms with Gasteiger partial charge in [-0.05, 0) is 23.3 Å². The first-order chi connectivity index (χ1) is 15.1. The third-order valence-corrected chi connectivity index (χ3v) is 5.33. The number of para-hydroxylation sites is 1. The lowest BCUT2D eigenvalue weighted by molar-refractivity contribution is -0.158. The third-order valence-electron chi connectivity index (χ3n) is 5.09. The number of hydrogen-bond donors (Lipinski definition) is 2. The molecule has 0 aromatic heterocycles. The van der Waals surface area contributed by atoms with Gasteiger partial charge in [-0.25, -0.2) is 0 Å². The normalized spacial score (nSPS) is 26.6. The van der Waals surface area contributed by atoms with Gasteiger partial charge >= 0.3 is 0 Å². The maximum atomic E-state index is 10.5. The maximum Gasteiger partial charge on any atom is 0.189 e. The van der Waals surface area contributed by atoms with E-state index < -0.39 is 23.7 Å². The average Bonchev–Trinajstić information content (AvgIpc) is 3.01. The van der Waals surface area contributed by atoms with Crippen LogP contribution in [0.2, 0.25) is 0 Å². The summed E-state index contributed by atoms with van der Waals surface area (Å²) in [7, 11) is 0. The molecule has 31 heavy (non-hydrogen) atoms. The SMILES string of the molecule is N#C[C@]1(COCOc2ccccc2)/C(=C\Cl)[C@H](O)[C@H](O)[C@@H]1OCOCc1ccccc1. The molecule has 0 radical (unpaired) electrons. The first-order valence-corrected chi connectivity index (χ1v) is 10.1. The summed E-state index contributed by atoms with van der Waals surface area (Å²) in [6.07, 6.45) is -3.84. The van der Waals surface area contributed by atoms with Crippen molar-refractivity contribution in [1.82, 2.24) is 0 Å². The molecular formula is C23H24ClNO6. The van der Waals surface area contributed by atoms with Crippen LogP contribution in [0.15, 0.2) is 71.8 Å². The van der Waals surface area contributed by atoms with Gasteiger partial charge in [0.05, 0.1) is 19.3 Å². The second kappa shape index (κ2) is 11.3. The van der Waals surface area contributed by atoms with Gasteiger partial charge in [0.2, 0.25) is 0 Å². The van der Waals surface area contributed by atoms with Crippen LogP contribution in [0.1, 0.15) is 5.56 Å². The third kappa shape index (κ3) is 5.43. The van der Waals surface area contributed by atoms with Gasteiger partial charge in [0.1, 0.15) is 36.3 Å². The van der Waals surface area contributed by atoms with E-state index in [9.17, 15) is 15.5 Å². The maximum absolute atomic E-state index is 10.5. The van der Waals surface area contributed by atoms with E-state index in [0.29, 0.717) is 12.4 Å². The van der Waals surface area contributed by atoms with Crippen molar-refractivity contribution in [2.24, 2.45) is 5.41 Å². The van der Waals surface area contributed by atoms with Gasteiger partial charge in [-0.2, -0.15) is 5.26 Å². The molecule has 0 spiro atoms. The zero-order valence-electron chi connectivity index (χ0n) is 16.8. The Morgan fingerprint density at radius 2 is 1.68 bits per heavy atom. The van der Waals surface area contributed by atoms with E-state index in [4.69, 9.17) is 30.5 Å². The Morgan fingerprint density at radius 3 is 2.32 bits per heavy atom. The number of nitrogens with zero attached hydrogens (tertiary/aromatic N) is 1. The van der Waals surface area contributed by atoms with E-state index in [1.165, 1.54) is 0 Å². The Balaban J connectivity index is 1.62. The number of nitriles is 1. The molecule has 0 amide bonds. The molecule has 4 atom stereocenters. The summed E-state index contributed by atoms with van der Waals surface area (Å²) in [6, 6.07) is 20.7. The zero-order valence-corrected chi connectivity index (χ0v) is 17.5. The lowest BCUT2D eigenvalue weighted by atomic mass is 9.83. The first-order valence-electron chi connectivity index (χ1n) is 9.69. The Kier molecular flexibility index (Phi) is 8.43. The fourth-order valence-electron chi connectivity index (χ4n) is 3.48. The van der Waals surface area contributed by atoms with Crippen molar-refractivity contribution in [3.8, 4) is 11.8 Å².